The van der Waals surface area contributed by atoms with Crippen LogP contribution in [0, 0.1) is 0 Å². The molecule has 0 atom stereocenters. The van der Waals surface area contributed by atoms with Crippen molar-refractivity contribution in [2.24, 2.45) is 0 Å². The highest BCUT2D eigenvalue weighted by molar-refractivity contribution is 7.26. The molecule has 55 heavy (non-hydrogen) atoms. The summed E-state index contributed by atoms with van der Waals surface area (Å²) in [5.41, 5.74) is 11.8. The minimum atomic E-state index is 1.13. The molecular weight excluding hydrogens is 685 g/mol. The molecule has 0 saturated heterocycles. The number of benzene rings is 9. The molecule has 0 aliphatic rings. The minimum absolute atomic E-state index is 1.13. The second-order valence-corrected chi connectivity index (χ2v) is 15.1. The molecule has 2 nitrogen and oxygen atoms in total. The van der Waals surface area contributed by atoms with Gasteiger partial charge in [0.05, 0.1) is 28.1 Å². The molecule has 11 aromatic rings. The summed E-state index contributed by atoms with van der Waals surface area (Å²) in [6.07, 6.45) is 0. The Balaban J connectivity index is 1.27. The third-order valence-corrected chi connectivity index (χ3v) is 12.1. The number of hydrogen-bond donors (Lipinski definition) is 0. The molecule has 0 radical (unpaired) electrons. The lowest BCUT2D eigenvalue weighted by atomic mass is 9.90. The van der Waals surface area contributed by atoms with Crippen molar-refractivity contribution in [2.45, 2.75) is 0 Å². The summed E-state index contributed by atoms with van der Waals surface area (Å²) in [7, 11) is 0. The van der Waals surface area contributed by atoms with E-state index >= 15 is 0 Å². The molecule has 0 amide bonds. The van der Waals surface area contributed by atoms with Gasteiger partial charge in [-0.15, -0.1) is 11.3 Å². The van der Waals surface area contributed by atoms with Crippen LogP contribution in [0.15, 0.2) is 206 Å². The van der Waals surface area contributed by atoms with Gasteiger partial charge in [-0.2, -0.15) is 0 Å². The van der Waals surface area contributed by atoms with E-state index in [1.54, 1.807) is 0 Å². The molecule has 3 heteroatoms. The molecule has 2 heterocycles. The topological polar surface area (TPSA) is 8.17 Å². The quantitative estimate of drug-likeness (QED) is 0.166. The number of thiophene rings is 1. The molecule has 2 aromatic heterocycles. The van der Waals surface area contributed by atoms with E-state index in [2.05, 4.69) is 216 Å². The van der Waals surface area contributed by atoms with Crippen molar-refractivity contribution in [1.29, 1.82) is 0 Å². The zero-order valence-corrected chi connectivity index (χ0v) is 30.7. The number of hydrogen-bond acceptors (Lipinski definition) is 2. The van der Waals surface area contributed by atoms with Crippen LogP contribution < -0.4 is 4.90 Å². The summed E-state index contributed by atoms with van der Waals surface area (Å²) in [6.45, 7) is 0. The molecule has 0 saturated carbocycles. The average molecular weight is 719 g/mol. The maximum Gasteiger partial charge on any atom is 0.0562 e. The normalized spacial score (nSPS) is 11.6. The first-order chi connectivity index (χ1) is 27.3. The predicted molar refractivity (Wildman–Crippen MR) is 237 cm³/mol. The SMILES string of the molecule is c1ccc(-c2cccc3cccc(-c4ccccc4N(c4cccc5sc6ccccc6c45)c4cccc5c4c4ccccc4n5-c4ccccc4)c23)cc1. The Labute approximate surface area is 323 Å². The third-order valence-electron chi connectivity index (χ3n) is 11.0. The summed E-state index contributed by atoms with van der Waals surface area (Å²) in [4.78, 5) is 2.55. The van der Waals surface area contributed by atoms with E-state index in [-0.39, 0.29) is 0 Å². The zero-order chi connectivity index (χ0) is 36.3. The summed E-state index contributed by atoms with van der Waals surface area (Å²) < 4.78 is 4.98. The van der Waals surface area contributed by atoms with E-state index in [9.17, 15) is 0 Å². The highest BCUT2D eigenvalue weighted by atomic mass is 32.1. The van der Waals surface area contributed by atoms with Gasteiger partial charge in [-0.3, -0.25) is 0 Å². The van der Waals surface area contributed by atoms with Gasteiger partial charge in [0.25, 0.3) is 0 Å². The van der Waals surface area contributed by atoms with Crippen molar-refractivity contribution >= 4 is 81.1 Å². The van der Waals surface area contributed by atoms with Crippen molar-refractivity contribution in [1.82, 2.24) is 4.57 Å². The predicted octanol–water partition coefficient (Wildman–Crippen LogP) is 15.1. The lowest BCUT2D eigenvalue weighted by molar-refractivity contribution is 1.18. The summed E-state index contributed by atoms with van der Waals surface area (Å²) in [6, 6.07) is 75.2. The molecule has 0 aliphatic heterocycles. The molecule has 0 bridgehead atoms. The van der Waals surface area contributed by atoms with E-state index in [0.29, 0.717) is 0 Å². The highest BCUT2D eigenvalue weighted by Crippen LogP contribution is 2.51. The Morgan fingerprint density at radius 2 is 0.909 bits per heavy atom. The van der Waals surface area contributed by atoms with Crippen molar-refractivity contribution < 1.29 is 0 Å². The Morgan fingerprint density at radius 1 is 0.345 bits per heavy atom. The largest absolute Gasteiger partial charge is 0.309 e. The highest BCUT2D eigenvalue weighted by Gasteiger charge is 2.26. The van der Waals surface area contributed by atoms with Gasteiger partial charge in [0.15, 0.2) is 0 Å². The summed E-state index contributed by atoms with van der Waals surface area (Å²) >= 11 is 1.86. The number of para-hydroxylation sites is 3. The van der Waals surface area contributed by atoms with Crippen LogP contribution in [0.5, 0.6) is 0 Å². The lowest BCUT2D eigenvalue weighted by Gasteiger charge is -2.30. The van der Waals surface area contributed by atoms with Gasteiger partial charge in [0, 0.05) is 42.2 Å². The summed E-state index contributed by atoms with van der Waals surface area (Å²) in [5, 5.41) is 7.45. The molecule has 0 unspecified atom stereocenters. The summed E-state index contributed by atoms with van der Waals surface area (Å²) in [5.74, 6) is 0. The minimum Gasteiger partial charge on any atom is -0.309 e. The molecule has 0 N–H and O–H groups in total. The number of nitrogens with zero attached hydrogens (tertiary/aromatic N) is 2. The molecule has 0 fully saturated rings. The number of anilines is 3. The van der Waals surface area contributed by atoms with Crippen molar-refractivity contribution in [3.05, 3.63) is 206 Å². The molecular formula is C52H34N2S. The maximum atomic E-state index is 2.55. The van der Waals surface area contributed by atoms with E-state index in [0.717, 1.165) is 22.7 Å². The number of fused-ring (bicyclic) bond motifs is 7. The fraction of sp³-hybridized carbons (Fsp3) is 0. The second kappa shape index (κ2) is 12.9. The first-order valence-corrected chi connectivity index (χ1v) is 19.6. The first kappa shape index (κ1) is 31.6. The van der Waals surface area contributed by atoms with Gasteiger partial charge in [-0.1, -0.05) is 152 Å². The Bertz CT molecular complexity index is 3200. The van der Waals surface area contributed by atoms with Crippen LogP contribution in [-0.4, -0.2) is 4.57 Å². The Kier molecular flexibility index (Phi) is 7.39. The van der Waals surface area contributed by atoms with Crippen molar-refractivity contribution in [3.8, 4) is 27.9 Å². The van der Waals surface area contributed by atoms with E-state index in [4.69, 9.17) is 0 Å². The second-order valence-electron chi connectivity index (χ2n) is 14.0. The standard InChI is InChI=1S/C52H34N2S/c1-3-17-35(18-4-1)38-26-13-19-36-20-14-27-40(50(36)38)39-23-7-10-28-43(39)54(47-32-16-34-49-52(47)42-25-9-12-33-48(42)55-49)46-31-15-30-45-51(46)41-24-8-11-29-44(41)53(45)37-21-5-2-6-22-37/h1-34H. The van der Waals surface area contributed by atoms with Gasteiger partial charge in [0.2, 0.25) is 0 Å². The van der Waals surface area contributed by atoms with Crippen LogP contribution in [0.2, 0.25) is 0 Å². The van der Waals surface area contributed by atoms with Crippen molar-refractivity contribution in [2.75, 3.05) is 4.90 Å². The van der Waals surface area contributed by atoms with Gasteiger partial charge in [-0.05, 0) is 82.1 Å². The number of aromatic nitrogens is 1. The van der Waals surface area contributed by atoms with Crippen LogP contribution in [0.4, 0.5) is 17.1 Å². The number of rotatable bonds is 6. The fourth-order valence-electron chi connectivity index (χ4n) is 8.69. The van der Waals surface area contributed by atoms with Crippen LogP contribution in [-0.2, 0) is 0 Å². The van der Waals surface area contributed by atoms with Gasteiger partial charge < -0.3 is 9.47 Å². The van der Waals surface area contributed by atoms with E-state index in [1.165, 1.54) is 75.0 Å². The lowest BCUT2D eigenvalue weighted by Crippen LogP contribution is -2.12. The average Bonchev–Trinajstić information content (AvgIpc) is 3.81. The van der Waals surface area contributed by atoms with Gasteiger partial charge >= 0.3 is 0 Å². The Morgan fingerprint density at radius 3 is 1.75 bits per heavy atom. The molecule has 0 spiro atoms. The third kappa shape index (κ3) is 5.01. The van der Waals surface area contributed by atoms with Gasteiger partial charge in [-0.25, -0.2) is 0 Å². The molecule has 258 valence electrons. The van der Waals surface area contributed by atoms with E-state index in [1.807, 2.05) is 11.3 Å². The smallest absolute Gasteiger partial charge is 0.0562 e. The van der Waals surface area contributed by atoms with Crippen molar-refractivity contribution in [3.63, 3.8) is 0 Å². The Hall–Kier alpha value is -6.94. The van der Waals surface area contributed by atoms with Crippen LogP contribution in [0.3, 0.4) is 0 Å². The fourth-order valence-corrected chi connectivity index (χ4v) is 9.82. The monoisotopic (exact) mass is 718 g/mol. The van der Waals surface area contributed by atoms with Gasteiger partial charge in [0.1, 0.15) is 0 Å². The van der Waals surface area contributed by atoms with Crippen LogP contribution in [0.1, 0.15) is 0 Å². The zero-order valence-electron chi connectivity index (χ0n) is 29.9. The first-order valence-electron chi connectivity index (χ1n) is 18.8. The van der Waals surface area contributed by atoms with Crippen LogP contribution >= 0.6 is 11.3 Å². The molecule has 11 rings (SSSR count). The molecule has 9 aromatic carbocycles. The maximum absolute atomic E-state index is 2.55. The van der Waals surface area contributed by atoms with E-state index < -0.39 is 0 Å². The molecule has 0 aliphatic carbocycles. The van der Waals surface area contributed by atoms with Crippen LogP contribution in [0.25, 0.3) is 80.7 Å².